The van der Waals surface area contributed by atoms with Crippen LogP contribution in [0.1, 0.15) is 11.1 Å². The minimum Gasteiger partial charge on any atom is -0.278 e. The lowest BCUT2D eigenvalue weighted by molar-refractivity contribution is 1.12. The van der Waals surface area contributed by atoms with Gasteiger partial charge in [-0.05, 0) is 24.6 Å². The van der Waals surface area contributed by atoms with E-state index in [1.807, 2.05) is 13.0 Å². The lowest BCUT2D eigenvalue weighted by Crippen LogP contribution is -1.82. The van der Waals surface area contributed by atoms with E-state index < -0.39 is 0 Å². The van der Waals surface area contributed by atoms with Crippen molar-refractivity contribution in [2.75, 3.05) is 5.75 Å². The van der Waals surface area contributed by atoms with Crippen LogP contribution in [0.3, 0.4) is 0 Å². The number of aromatic amines is 1. The third-order valence-electron chi connectivity index (χ3n) is 2.09. The van der Waals surface area contributed by atoms with E-state index in [0.717, 1.165) is 22.0 Å². The second-order valence-corrected chi connectivity index (χ2v) is 3.40. The van der Waals surface area contributed by atoms with E-state index in [4.69, 9.17) is 0 Å². The molecule has 0 aliphatic carbocycles. The fourth-order valence-corrected chi connectivity index (χ4v) is 1.45. The molecule has 0 saturated heterocycles. The van der Waals surface area contributed by atoms with E-state index in [1.54, 1.807) is 6.20 Å². The maximum atomic E-state index is 4.05. The van der Waals surface area contributed by atoms with Crippen LogP contribution in [0.2, 0.25) is 0 Å². The molecule has 70 valence electrons. The Bertz CT molecular complexity index is 517. The first-order chi connectivity index (χ1) is 6.81. The lowest BCUT2D eigenvalue weighted by atomic mass is 10.1. The number of benzene rings is 1. The Morgan fingerprint density at radius 1 is 1.50 bits per heavy atom. The first kappa shape index (κ1) is 9.17. The zero-order chi connectivity index (χ0) is 9.97. The van der Waals surface area contributed by atoms with Gasteiger partial charge in [-0.3, -0.25) is 5.10 Å². The molecule has 0 unspecified atom stereocenters. The van der Waals surface area contributed by atoms with Crippen molar-refractivity contribution in [1.29, 1.82) is 0 Å². The molecular weight excluding hydrogens is 192 g/mol. The summed E-state index contributed by atoms with van der Waals surface area (Å²) >= 11 is 4.05. The van der Waals surface area contributed by atoms with Gasteiger partial charge in [0.15, 0.2) is 0 Å². The molecule has 0 saturated carbocycles. The molecular formula is C11H10N2S. The molecule has 3 heteroatoms. The van der Waals surface area contributed by atoms with E-state index in [0.29, 0.717) is 5.75 Å². The number of hydrogen-bond acceptors (Lipinski definition) is 2. The van der Waals surface area contributed by atoms with Crippen LogP contribution in [-0.2, 0) is 0 Å². The van der Waals surface area contributed by atoms with Gasteiger partial charge >= 0.3 is 0 Å². The van der Waals surface area contributed by atoms with Gasteiger partial charge in [0.25, 0.3) is 0 Å². The average molecular weight is 202 g/mol. The van der Waals surface area contributed by atoms with Crippen molar-refractivity contribution in [3.8, 4) is 11.8 Å². The van der Waals surface area contributed by atoms with Crippen molar-refractivity contribution in [3.63, 3.8) is 0 Å². The molecule has 1 aromatic heterocycles. The third-order valence-corrected chi connectivity index (χ3v) is 2.25. The highest BCUT2D eigenvalue weighted by molar-refractivity contribution is 7.80. The first-order valence-corrected chi connectivity index (χ1v) is 4.98. The number of nitrogens with zero attached hydrogens (tertiary/aromatic N) is 1. The fourth-order valence-electron chi connectivity index (χ4n) is 1.37. The second-order valence-electron chi connectivity index (χ2n) is 3.08. The Labute approximate surface area is 88.1 Å². The Kier molecular flexibility index (Phi) is 2.47. The molecule has 0 fully saturated rings. The van der Waals surface area contributed by atoms with Crippen LogP contribution < -0.4 is 0 Å². The summed E-state index contributed by atoms with van der Waals surface area (Å²) in [4.78, 5) is 0. The Hall–Kier alpha value is -1.40. The van der Waals surface area contributed by atoms with E-state index in [-0.39, 0.29) is 0 Å². The van der Waals surface area contributed by atoms with E-state index >= 15 is 0 Å². The Morgan fingerprint density at radius 3 is 3.14 bits per heavy atom. The number of nitrogens with one attached hydrogen (secondary N) is 1. The molecule has 14 heavy (non-hydrogen) atoms. The van der Waals surface area contributed by atoms with Crippen molar-refractivity contribution in [2.45, 2.75) is 6.92 Å². The number of hydrogen-bond donors (Lipinski definition) is 2. The normalized spacial score (nSPS) is 9.86. The number of aromatic nitrogens is 2. The van der Waals surface area contributed by atoms with Gasteiger partial charge in [-0.25, -0.2) is 0 Å². The smallest absolute Gasteiger partial charge is 0.0653 e. The SMILES string of the molecule is Cc1cc2[nH]ncc2cc1C#CCS. The van der Waals surface area contributed by atoms with Gasteiger partial charge in [-0.15, -0.1) is 0 Å². The lowest BCUT2D eigenvalue weighted by Gasteiger charge is -1.97. The molecule has 0 spiro atoms. The van der Waals surface area contributed by atoms with Gasteiger partial charge in [-0.1, -0.05) is 11.8 Å². The number of aryl methyl sites for hydroxylation is 1. The average Bonchev–Trinajstić information content (AvgIpc) is 2.61. The number of thiol groups is 1. The van der Waals surface area contributed by atoms with E-state index in [9.17, 15) is 0 Å². The first-order valence-electron chi connectivity index (χ1n) is 4.34. The predicted octanol–water partition coefficient (Wildman–Crippen LogP) is 2.15. The summed E-state index contributed by atoms with van der Waals surface area (Å²) in [7, 11) is 0. The molecule has 2 nitrogen and oxygen atoms in total. The number of H-pyrrole nitrogens is 1. The summed E-state index contributed by atoms with van der Waals surface area (Å²) in [5.41, 5.74) is 3.27. The van der Waals surface area contributed by atoms with Crippen molar-refractivity contribution in [2.24, 2.45) is 0 Å². The molecule has 1 aromatic carbocycles. The number of fused-ring (bicyclic) bond motifs is 1. The van der Waals surface area contributed by atoms with Crippen LogP contribution in [0.15, 0.2) is 18.3 Å². The topological polar surface area (TPSA) is 28.7 Å². The van der Waals surface area contributed by atoms with Gasteiger partial charge < -0.3 is 0 Å². The van der Waals surface area contributed by atoms with E-state index in [2.05, 4.69) is 40.7 Å². The number of rotatable bonds is 0. The summed E-state index contributed by atoms with van der Waals surface area (Å²) < 4.78 is 0. The van der Waals surface area contributed by atoms with Gasteiger partial charge in [0.1, 0.15) is 0 Å². The van der Waals surface area contributed by atoms with Crippen molar-refractivity contribution in [3.05, 3.63) is 29.5 Å². The van der Waals surface area contributed by atoms with Gasteiger partial charge in [0.05, 0.1) is 17.5 Å². The van der Waals surface area contributed by atoms with Crippen LogP contribution in [0, 0.1) is 18.8 Å². The van der Waals surface area contributed by atoms with E-state index in [1.165, 1.54) is 0 Å². The summed E-state index contributed by atoms with van der Waals surface area (Å²) in [6, 6.07) is 4.11. The van der Waals surface area contributed by atoms with Crippen molar-refractivity contribution >= 4 is 23.5 Å². The molecule has 0 aliphatic heterocycles. The van der Waals surface area contributed by atoms with Crippen LogP contribution >= 0.6 is 12.6 Å². The quantitative estimate of drug-likeness (QED) is 0.497. The minimum absolute atomic E-state index is 0.586. The monoisotopic (exact) mass is 202 g/mol. The minimum atomic E-state index is 0.586. The second kappa shape index (κ2) is 3.77. The summed E-state index contributed by atoms with van der Waals surface area (Å²) in [5, 5.41) is 8.00. The third kappa shape index (κ3) is 1.61. The fraction of sp³-hybridized carbons (Fsp3) is 0.182. The van der Waals surface area contributed by atoms with Gasteiger partial charge in [-0.2, -0.15) is 17.7 Å². The largest absolute Gasteiger partial charge is 0.278 e. The van der Waals surface area contributed by atoms with Gasteiger partial charge in [0.2, 0.25) is 0 Å². The zero-order valence-electron chi connectivity index (χ0n) is 7.83. The van der Waals surface area contributed by atoms with Crippen LogP contribution in [0.25, 0.3) is 10.9 Å². The summed E-state index contributed by atoms with van der Waals surface area (Å²) in [6.07, 6.45) is 1.81. The van der Waals surface area contributed by atoms with Gasteiger partial charge in [0, 0.05) is 10.9 Å². The van der Waals surface area contributed by atoms with Crippen LogP contribution in [0.5, 0.6) is 0 Å². The van der Waals surface area contributed by atoms with Crippen molar-refractivity contribution < 1.29 is 0 Å². The highest BCUT2D eigenvalue weighted by atomic mass is 32.1. The van der Waals surface area contributed by atoms with Crippen molar-refractivity contribution in [1.82, 2.24) is 10.2 Å². The summed E-state index contributed by atoms with van der Waals surface area (Å²) in [6.45, 7) is 2.04. The highest BCUT2D eigenvalue weighted by Gasteiger charge is 1.99. The Balaban J connectivity index is 2.59. The molecule has 0 aliphatic rings. The maximum Gasteiger partial charge on any atom is 0.0653 e. The molecule has 2 rings (SSSR count). The molecule has 0 amide bonds. The summed E-state index contributed by atoms with van der Waals surface area (Å²) in [5.74, 6) is 6.61. The van der Waals surface area contributed by atoms with Crippen LogP contribution in [0.4, 0.5) is 0 Å². The Morgan fingerprint density at radius 2 is 2.36 bits per heavy atom. The molecule has 2 aromatic rings. The predicted molar refractivity (Wildman–Crippen MR) is 61.6 cm³/mol. The maximum absolute atomic E-state index is 4.05. The molecule has 1 N–H and O–H groups in total. The molecule has 0 bridgehead atoms. The molecule has 0 radical (unpaired) electrons. The molecule has 1 heterocycles. The standard InChI is InChI=1S/C11H10N2S/c1-8-5-11-10(7-12-13-11)6-9(8)3-2-4-14/h5-7,14H,4H2,1H3,(H,12,13). The molecule has 0 atom stereocenters. The van der Waals surface area contributed by atoms with Crippen LogP contribution in [-0.4, -0.2) is 16.0 Å². The zero-order valence-corrected chi connectivity index (χ0v) is 8.73. The highest BCUT2D eigenvalue weighted by Crippen LogP contribution is 2.16.